The van der Waals surface area contributed by atoms with Crippen LogP contribution in [0.2, 0.25) is 0 Å². The zero-order valence-corrected chi connectivity index (χ0v) is 20.7. The lowest BCUT2D eigenvalue weighted by Crippen LogP contribution is -2.45. The molecule has 9 nitrogen and oxygen atoms in total. The summed E-state index contributed by atoms with van der Waals surface area (Å²) in [7, 11) is 4.70. The summed E-state index contributed by atoms with van der Waals surface area (Å²) in [6.07, 6.45) is -0.995. The van der Waals surface area contributed by atoms with Gasteiger partial charge in [0.2, 0.25) is 0 Å². The lowest BCUT2D eigenvalue weighted by molar-refractivity contribution is -0.125. The van der Waals surface area contributed by atoms with Gasteiger partial charge in [-0.1, -0.05) is 24.3 Å². The van der Waals surface area contributed by atoms with Crippen LogP contribution in [0, 0.1) is 0 Å². The zero-order valence-electron chi connectivity index (χ0n) is 20.7. The van der Waals surface area contributed by atoms with Gasteiger partial charge in [0.25, 0.3) is 5.91 Å². The fraction of sp³-hybridized carbons (Fsp3) is 0.192. The van der Waals surface area contributed by atoms with E-state index in [0.29, 0.717) is 22.5 Å². The molecule has 38 heavy (non-hydrogen) atoms. The number of para-hydroxylation sites is 1. The Balaban J connectivity index is 1.68. The van der Waals surface area contributed by atoms with Gasteiger partial charge in [-0.2, -0.15) is 13.2 Å². The number of carbonyl (C=O) groups is 2. The van der Waals surface area contributed by atoms with Crippen molar-refractivity contribution in [2.45, 2.75) is 6.18 Å². The van der Waals surface area contributed by atoms with Crippen molar-refractivity contribution in [3.05, 3.63) is 66.5 Å². The van der Waals surface area contributed by atoms with Crippen molar-refractivity contribution in [1.29, 1.82) is 0 Å². The lowest BCUT2D eigenvalue weighted by Gasteiger charge is -2.17. The number of benzene rings is 2. The van der Waals surface area contributed by atoms with Crippen molar-refractivity contribution in [3.63, 3.8) is 0 Å². The number of ether oxygens (including phenoxy) is 1. The smallest absolute Gasteiger partial charge is 0.402 e. The Kier molecular flexibility index (Phi) is 7.53. The van der Waals surface area contributed by atoms with E-state index in [1.54, 1.807) is 45.0 Å². The molecule has 0 bridgehead atoms. The molecule has 2 aromatic heterocycles. The van der Waals surface area contributed by atoms with Crippen LogP contribution in [0.5, 0.6) is 5.75 Å². The number of halogens is 3. The number of nitrogens with one attached hydrogen (secondary N) is 4. The Morgan fingerprint density at radius 3 is 2.53 bits per heavy atom. The minimum atomic E-state index is -4.50. The highest BCUT2D eigenvalue weighted by Crippen LogP contribution is 2.36. The van der Waals surface area contributed by atoms with Crippen molar-refractivity contribution in [3.8, 4) is 28.0 Å². The molecule has 0 saturated heterocycles. The molecule has 0 atom stereocenters. The number of aromatic amines is 1. The van der Waals surface area contributed by atoms with Crippen LogP contribution in [0.25, 0.3) is 33.3 Å². The number of pyridine rings is 1. The first-order valence-electron chi connectivity index (χ1n) is 11.4. The van der Waals surface area contributed by atoms with Gasteiger partial charge in [-0.05, 0) is 29.8 Å². The van der Waals surface area contributed by atoms with Crippen molar-refractivity contribution >= 4 is 28.7 Å². The quantitative estimate of drug-likeness (QED) is 0.259. The Bertz CT molecular complexity index is 1480. The van der Waals surface area contributed by atoms with Gasteiger partial charge in [-0.15, -0.1) is 0 Å². The van der Waals surface area contributed by atoms with E-state index in [0.717, 1.165) is 16.5 Å². The molecular weight excluding hydrogens is 501 g/mol. The molecule has 4 rings (SSSR count). The number of aromatic nitrogens is 2. The first-order chi connectivity index (χ1) is 18.1. The van der Waals surface area contributed by atoms with Gasteiger partial charge in [0.15, 0.2) is 0 Å². The fourth-order valence-electron chi connectivity index (χ4n) is 3.88. The fourth-order valence-corrected chi connectivity index (χ4v) is 3.88. The molecule has 4 N–H and O–H groups in total. The van der Waals surface area contributed by atoms with Crippen LogP contribution in [-0.4, -0.2) is 60.7 Å². The minimum Gasteiger partial charge on any atom is -0.496 e. The van der Waals surface area contributed by atoms with Crippen LogP contribution in [0.3, 0.4) is 0 Å². The van der Waals surface area contributed by atoms with Crippen LogP contribution < -0.4 is 20.9 Å². The summed E-state index contributed by atoms with van der Waals surface area (Å²) in [4.78, 5) is 34.1. The van der Waals surface area contributed by atoms with E-state index in [1.165, 1.54) is 11.0 Å². The molecule has 12 heteroatoms. The average molecular weight is 527 g/mol. The molecule has 198 valence electrons. The maximum Gasteiger partial charge on any atom is 0.402 e. The van der Waals surface area contributed by atoms with Crippen LogP contribution >= 0.6 is 0 Å². The number of hydrogen-bond donors (Lipinski definition) is 4. The Morgan fingerprint density at radius 2 is 1.82 bits per heavy atom. The first-order valence-corrected chi connectivity index (χ1v) is 11.4. The Hall–Kier alpha value is -4.58. The van der Waals surface area contributed by atoms with E-state index < -0.39 is 24.7 Å². The standard InChI is InChI=1S/C26H25F3N6O3/c1-35(2)24(36)19-10-15(8-9-21(19)33-25(37)34-32-14-26(27,28)29)16-11-18-20(13-31-23(18)30-12-16)17-6-4-5-7-22(17)38-3/h4-13,32H,14H2,1-3H3,(H,30,31)(H2,33,34,37). The van der Waals surface area contributed by atoms with E-state index in [4.69, 9.17) is 4.74 Å². The molecule has 0 unspecified atom stereocenters. The van der Waals surface area contributed by atoms with Gasteiger partial charge in [-0.25, -0.2) is 15.2 Å². The maximum absolute atomic E-state index is 12.9. The van der Waals surface area contributed by atoms with Crippen LogP contribution in [-0.2, 0) is 0 Å². The lowest BCUT2D eigenvalue weighted by atomic mass is 9.99. The number of nitrogens with zero attached hydrogens (tertiary/aromatic N) is 2. The Labute approximate surface area is 216 Å². The summed E-state index contributed by atoms with van der Waals surface area (Å²) >= 11 is 0. The third-order valence-corrected chi connectivity index (χ3v) is 5.66. The van der Waals surface area contributed by atoms with E-state index in [-0.39, 0.29) is 11.3 Å². The summed E-state index contributed by atoms with van der Waals surface area (Å²) in [6, 6.07) is 13.4. The molecular formula is C26H25F3N6O3. The second kappa shape index (κ2) is 10.8. The summed E-state index contributed by atoms with van der Waals surface area (Å²) in [5, 5.41) is 3.26. The molecule has 4 aromatic rings. The van der Waals surface area contributed by atoms with Crippen molar-refractivity contribution in [2.75, 3.05) is 33.1 Å². The number of hydrogen-bond acceptors (Lipinski definition) is 5. The number of anilines is 1. The van der Waals surface area contributed by atoms with Gasteiger partial charge >= 0.3 is 12.2 Å². The van der Waals surface area contributed by atoms with E-state index in [2.05, 4.69) is 15.3 Å². The van der Waals surface area contributed by atoms with Gasteiger partial charge in [-0.3, -0.25) is 10.2 Å². The monoisotopic (exact) mass is 526 g/mol. The van der Waals surface area contributed by atoms with Crippen molar-refractivity contribution in [1.82, 2.24) is 25.7 Å². The largest absolute Gasteiger partial charge is 0.496 e. The SMILES string of the molecule is COc1ccccc1-c1c[nH]c2ncc(-c3ccc(NC(=O)NNCC(F)(F)F)c(C(=O)N(C)C)c3)cc12. The number of hydrazine groups is 1. The molecule has 2 aromatic carbocycles. The van der Waals surface area contributed by atoms with Gasteiger partial charge in [0.05, 0.1) is 18.4 Å². The van der Waals surface area contributed by atoms with Crippen LogP contribution in [0.4, 0.5) is 23.7 Å². The topological polar surface area (TPSA) is 111 Å². The second-order valence-corrected chi connectivity index (χ2v) is 8.53. The number of methoxy groups -OCH3 is 1. The molecule has 3 amide bonds. The highest BCUT2D eigenvalue weighted by molar-refractivity contribution is 6.04. The van der Waals surface area contributed by atoms with Crippen LogP contribution in [0.15, 0.2) is 60.9 Å². The molecule has 0 fully saturated rings. The molecule has 0 aliphatic heterocycles. The predicted octanol–water partition coefficient (Wildman–Crippen LogP) is 4.80. The van der Waals surface area contributed by atoms with Gasteiger partial charge < -0.3 is 19.9 Å². The number of urea groups is 1. The van der Waals surface area contributed by atoms with Crippen molar-refractivity contribution < 1.29 is 27.5 Å². The summed E-state index contributed by atoms with van der Waals surface area (Å²) in [6.45, 7) is -1.41. The van der Waals surface area contributed by atoms with E-state index >= 15 is 0 Å². The second-order valence-electron chi connectivity index (χ2n) is 8.53. The minimum absolute atomic E-state index is 0.129. The van der Waals surface area contributed by atoms with E-state index in [1.807, 2.05) is 42.0 Å². The number of H-pyrrole nitrogens is 1. The van der Waals surface area contributed by atoms with Crippen molar-refractivity contribution in [2.24, 2.45) is 0 Å². The molecule has 0 radical (unpaired) electrons. The molecule has 2 heterocycles. The molecule has 0 saturated carbocycles. The number of alkyl halides is 3. The Morgan fingerprint density at radius 1 is 1.05 bits per heavy atom. The summed E-state index contributed by atoms with van der Waals surface area (Å²) < 4.78 is 42.5. The normalized spacial score (nSPS) is 11.3. The summed E-state index contributed by atoms with van der Waals surface area (Å²) in [5.74, 6) is 0.298. The number of carbonyl (C=O) groups excluding carboxylic acids is 2. The van der Waals surface area contributed by atoms with Gasteiger partial charge in [0, 0.05) is 48.6 Å². The van der Waals surface area contributed by atoms with Crippen LogP contribution in [0.1, 0.15) is 10.4 Å². The zero-order chi connectivity index (χ0) is 27.4. The van der Waals surface area contributed by atoms with Gasteiger partial charge in [0.1, 0.15) is 17.9 Å². The number of amides is 3. The molecule has 0 aliphatic rings. The maximum atomic E-state index is 12.9. The first kappa shape index (κ1) is 26.5. The third-order valence-electron chi connectivity index (χ3n) is 5.66. The highest BCUT2D eigenvalue weighted by Gasteiger charge is 2.27. The molecule has 0 spiro atoms. The average Bonchev–Trinajstić information content (AvgIpc) is 3.30. The number of fused-ring (bicyclic) bond motifs is 1. The highest BCUT2D eigenvalue weighted by atomic mass is 19.4. The predicted molar refractivity (Wildman–Crippen MR) is 138 cm³/mol. The third kappa shape index (κ3) is 5.86. The summed E-state index contributed by atoms with van der Waals surface area (Å²) in [5.41, 5.74) is 7.78. The molecule has 0 aliphatic carbocycles. The number of rotatable bonds is 7. The van der Waals surface area contributed by atoms with E-state index in [9.17, 15) is 22.8 Å².